The minimum atomic E-state index is -3.40. The third-order valence-electron chi connectivity index (χ3n) is 4.54. The van der Waals surface area contributed by atoms with Crippen molar-refractivity contribution in [3.05, 3.63) is 46.8 Å². The molecule has 1 aliphatic heterocycles. The zero-order valence-corrected chi connectivity index (χ0v) is 16.7. The summed E-state index contributed by atoms with van der Waals surface area (Å²) in [6, 6.07) is 5.10. The zero-order chi connectivity index (χ0) is 21.6. The molecular formula is C20H23F2N3O4. The average molecular weight is 407 g/mol. The van der Waals surface area contributed by atoms with Gasteiger partial charge in [0.05, 0.1) is 11.9 Å². The number of hydrogen-bond acceptors (Lipinski definition) is 4. The summed E-state index contributed by atoms with van der Waals surface area (Å²) in [6.07, 6.45) is 0.896. The number of carbonyl (C=O) groups is 2. The molecule has 156 valence electrons. The van der Waals surface area contributed by atoms with Gasteiger partial charge in [0.25, 0.3) is 5.92 Å². The summed E-state index contributed by atoms with van der Waals surface area (Å²) in [7, 11) is 0. The van der Waals surface area contributed by atoms with Crippen molar-refractivity contribution >= 4 is 12.1 Å². The Hall–Kier alpha value is -2.97. The first kappa shape index (κ1) is 20.8. The lowest BCUT2D eigenvalue weighted by atomic mass is 9.97. The predicted octanol–water partition coefficient (Wildman–Crippen LogP) is 3.98. The molecule has 29 heavy (non-hydrogen) atoms. The highest BCUT2D eigenvalue weighted by molar-refractivity contribution is 5.89. The highest BCUT2D eigenvalue weighted by Crippen LogP contribution is 2.34. The fraction of sp³-hybridized carbons (Fsp3) is 0.450. The lowest BCUT2D eigenvalue weighted by molar-refractivity contribution is 0.00832. The SMILES string of the molecule is CC(C)(C)OC(=O)N1CCc2c(cccc2-n2ncc(C(=O)O)c2C(C)(F)F)C1. The number of amides is 1. The van der Waals surface area contributed by atoms with E-state index >= 15 is 0 Å². The van der Waals surface area contributed by atoms with Gasteiger partial charge in [0.2, 0.25) is 0 Å². The Morgan fingerprint density at radius 3 is 2.48 bits per heavy atom. The third kappa shape index (κ3) is 4.23. The second-order valence-electron chi connectivity index (χ2n) is 8.08. The van der Waals surface area contributed by atoms with Crippen LogP contribution in [-0.4, -0.2) is 44.0 Å². The van der Waals surface area contributed by atoms with Crippen molar-refractivity contribution in [1.29, 1.82) is 0 Å². The van der Waals surface area contributed by atoms with Crippen molar-refractivity contribution in [2.24, 2.45) is 0 Å². The van der Waals surface area contributed by atoms with Gasteiger partial charge in [-0.15, -0.1) is 0 Å². The summed E-state index contributed by atoms with van der Waals surface area (Å²) in [4.78, 5) is 25.3. The molecule has 1 aromatic heterocycles. The molecule has 1 N–H and O–H groups in total. The highest BCUT2D eigenvalue weighted by Gasteiger charge is 2.37. The van der Waals surface area contributed by atoms with Gasteiger partial charge in [-0.05, 0) is 44.4 Å². The van der Waals surface area contributed by atoms with Crippen LogP contribution in [0.2, 0.25) is 0 Å². The molecule has 1 aromatic carbocycles. The van der Waals surface area contributed by atoms with Gasteiger partial charge in [-0.2, -0.15) is 13.9 Å². The maximum Gasteiger partial charge on any atom is 0.410 e. The van der Waals surface area contributed by atoms with Gasteiger partial charge in [0.1, 0.15) is 16.9 Å². The summed E-state index contributed by atoms with van der Waals surface area (Å²) in [6.45, 7) is 6.61. The van der Waals surface area contributed by atoms with Gasteiger partial charge in [0, 0.05) is 20.0 Å². The van der Waals surface area contributed by atoms with Crippen molar-refractivity contribution in [2.45, 2.75) is 52.2 Å². The van der Waals surface area contributed by atoms with Crippen LogP contribution in [0.3, 0.4) is 0 Å². The van der Waals surface area contributed by atoms with E-state index in [1.54, 1.807) is 43.9 Å². The lowest BCUT2D eigenvalue weighted by Crippen LogP contribution is -2.40. The van der Waals surface area contributed by atoms with Crippen LogP contribution in [0.1, 0.15) is 54.9 Å². The number of hydrogen-bond donors (Lipinski definition) is 1. The van der Waals surface area contributed by atoms with Gasteiger partial charge in [-0.25, -0.2) is 14.3 Å². The highest BCUT2D eigenvalue weighted by atomic mass is 19.3. The molecule has 2 heterocycles. The number of aromatic carboxylic acids is 1. The van der Waals surface area contributed by atoms with Gasteiger partial charge >= 0.3 is 12.1 Å². The van der Waals surface area contributed by atoms with Crippen LogP contribution in [0.4, 0.5) is 13.6 Å². The number of alkyl halides is 2. The molecule has 0 saturated heterocycles. The van der Waals surface area contributed by atoms with Crippen LogP contribution in [0.25, 0.3) is 5.69 Å². The molecule has 0 aliphatic carbocycles. The standard InChI is InChI=1S/C20H23F2N3O4/c1-19(2,3)29-18(28)24-9-8-13-12(11-24)6-5-7-15(13)25-16(20(4,21)22)14(10-23-25)17(26)27/h5-7,10H,8-9,11H2,1-4H3,(H,26,27). The van der Waals surface area contributed by atoms with E-state index in [1.807, 2.05) is 0 Å². The molecule has 3 rings (SSSR count). The molecule has 0 saturated carbocycles. The normalized spacial score (nSPS) is 14.5. The van der Waals surface area contributed by atoms with Crippen LogP contribution in [-0.2, 0) is 23.6 Å². The number of halogens is 2. The summed E-state index contributed by atoms with van der Waals surface area (Å²) in [5.74, 6) is -4.86. The van der Waals surface area contributed by atoms with E-state index in [-0.39, 0.29) is 6.54 Å². The Balaban J connectivity index is 2.00. The zero-order valence-electron chi connectivity index (χ0n) is 16.7. The molecule has 0 unspecified atom stereocenters. The number of aromatic nitrogens is 2. The van der Waals surface area contributed by atoms with E-state index in [4.69, 9.17) is 4.74 Å². The number of carboxylic acids is 1. The second-order valence-corrected chi connectivity index (χ2v) is 8.08. The summed E-state index contributed by atoms with van der Waals surface area (Å²) in [5, 5.41) is 13.2. The van der Waals surface area contributed by atoms with Crippen molar-refractivity contribution in [3.63, 3.8) is 0 Å². The van der Waals surface area contributed by atoms with Crippen LogP contribution in [0.5, 0.6) is 0 Å². The second kappa shape index (κ2) is 7.13. The number of rotatable bonds is 3. The maximum absolute atomic E-state index is 14.2. The number of nitrogens with zero attached hydrogens (tertiary/aromatic N) is 3. The number of carbonyl (C=O) groups excluding carboxylic acids is 1. The Morgan fingerprint density at radius 1 is 1.21 bits per heavy atom. The Kier molecular flexibility index (Phi) is 5.10. The molecule has 0 bridgehead atoms. The Labute approximate surface area is 166 Å². The van der Waals surface area contributed by atoms with E-state index in [1.165, 1.54) is 0 Å². The van der Waals surface area contributed by atoms with E-state index in [0.29, 0.717) is 25.6 Å². The van der Waals surface area contributed by atoms with E-state index in [2.05, 4.69) is 5.10 Å². The van der Waals surface area contributed by atoms with Crippen molar-refractivity contribution in [1.82, 2.24) is 14.7 Å². The van der Waals surface area contributed by atoms with E-state index in [0.717, 1.165) is 22.0 Å². The largest absolute Gasteiger partial charge is 0.478 e. The van der Waals surface area contributed by atoms with Crippen LogP contribution in [0.15, 0.2) is 24.4 Å². The minimum Gasteiger partial charge on any atom is -0.478 e. The molecule has 9 heteroatoms. The summed E-state index contributed by atoms with van der Waals surface area (Å²) < 4.78 is 34.8. The topological polar surface area (TPSA) is 84.7 Å². The van der Waals surface area contributed by atoms with Crippen LogP contribution < -0.4 is 0 Å². The van der Waals surface area contributed by atoms with Gasteiger partial charge < -0.3 is 14.7 Å². The summed E-state index contributed by atoms with van der Waals surface area (Å²) >= 11 is 0. The fourth-order valence-corrected chi connectivity index (χ4v) is 3.38. The van der Waals surface area contributed by atoms with Crippen LogP contribution in [0, 0.1) is 0 Å². The van der Waals surface area contributed by atoms with Crippen LogP contribution >= 0.6 is 0 Å². The van der Waals surface area contributed by atoms with Gasteiger partial charge in [-0.1, -0.05) is 12.1 Å². The van der Waals surface area contributed by atoms with Crippen molar-refractivity contribution in [3.8, 4) is 5.69 Å². The quantitative estimate of drug-likeness (QED) is 0.832. The van der Waals surface area contributed by atoms with Gasteiger partial charge in [0.15, 0.2) is 0 Å². The molecule has 0 fully saturated rings. The first-order chi connectivity index (χ1) is 13.4. The van der Waals surface area contributed by atoms with E-state index in [9.17, 15) is 23.5 Å². The Bertz CT molecular complexity index is 958. The maximum atomic E-state index is 14.2. The van der Waals surface area contributed by atoms with Crippen molar-refractivity contribution < 1.29 is 28.2 Å². The Morgan fingerprint density at radius 2 is 1.90 bits per heavy atom. The third-order valence-corrected chi connectivity index (χ3v) is 4.54. The average Bonchev–Trinajstić information content (AvgIpc) is 3.04. The molecule has 1 amide bonds. The molecule has 0 radical (unpaired) electrons. The molecule has 1 aliphatic rings. The molecule has 2 aromatic rings. The predicted molar refractivity (Wildman–Crippen MR) is 100 cm³/mol. The van der Waals surface area contributed by atoms with Crippen molar-refractivity contribution in [2.75, 3.05) is 6.54 Å². The smallest absolute Gasteiger partial charge is 0.410 e. The first-order valence-electron chi connectivity index (χ1n) is 9.17. The molecular weight excluding hydrogens is 384 g/mol. The molecule has 0 spiro atoms. The number of ether oxygens (including phenoxy) is 1. The number of benzene rings is 1. The molecule has 0 atom stereocenters. The lowest BCUT2D eigenvalue weighted by Gasteiger charge is -2.32. The summed E-state index contributed by atoms with van der Waals surface area (Å²) in [5.41, 5.74) is 0.0724. The number of carboxylic acid groups (broad SMARTS) is 1. The van der Waals surface area contributed by atoms with E-state index < -0.39 is 34.8 Å². The van der Waals surface area contributed by atoms with Gasteiger partial charge in [-0.3, -0.25) is 0 Å². The first-order valence-corrected chi connectivity index (χ1v) is 9.17. The fourth-order valence-electron chi connectivity index (χ4n) is 3.38. The molecule has 7 nitrogen and oxygen atoms in total. The minimum absolute atomic E-state index is 0.267. The number of fused-ring (bicyclic) bond motifs is 1. The monoisotopic (exact) mass is 407 g/mol.